The van der Waals surface area contributed by atoms with Crippen molar-refractivity contribution in [3.05, 3.63) is 63.5 Å². The van der Waals surface area contributed by atoms with Crippen LogP contribution in [0.4, 0.5) is 11.4 Å². The van der Waals surface area contributed by atoms with Gasteiger partial charge in [-0.15, -0.1) is 0 Å². The Morgan fingerprint density at radius 3 is 2.54 bits per heavy atom. The summed E-state index contributed by atoms with van der Waals surface area (Å²) in [7, 11) is -4.00. The summed E-state index contributed by atoms with van der Waals surface area (Å²) in [5.74, 6) is 0. The molecule has 0 aliphatic heterocycles. The Morgan fingerprint density at radius 1 is 1.12 bits per heavy atom. The Morgan fingerprint density at radius 2 is 1.85 bits per heavy atom. The van der Waals surface area contributed by atoms with Crippen LogP contribution in [0.15, 0.2) is 56.6 Å². The van der Waals surface area contributed by atoms with Crippen molar-refractivity contribution in [2.75, 3.05) is 16.6 Å². The molecule has 3 aromatic rings. The van der Waals surface area contributed by atoms with Gasteiger partial charge in [-0.2, -0.15) is 0 Å². The highest BCUT2D eigenvalue weighted by Gasteiger charge is 2.23. The molecular weight excluding hydrogens is 376 g/mol. The van der Waals surface area contributed by atoms with Crippen LogP contribution in [0.1, 0.15) is 12.5 Å². The van der Waals surface area contributed by atoms with E-state index < -0.39 is 15.6 Å². The molecule has 0 saturated heterocycles. The second kappa shape index (κ2) is 7.01. The van der Waals surface area contributed by atoms with Gasteiger partial charge in [0.15, 0.2) is 5.69 Å². The van der Waals surface area contributed by atoms with Crippen molar-refractivity contribution in [3.63, 3.8) is 0 Å². The lowest BCUT2D eigenvalue weighted by molar-refractivity contribution is 0.563. The minimum absolute atomic E-state index is 0.0388. The van der Waals surface area contributed by atoms with Crippen molar-refractivity contribution in [3.8, 4) is 0 Å². The maximum Gasteiger partial charge on any atom is 0.363 e. The number of sulfonamides is 1. The monoisotopic (exact) mass is 392 g/mol. The maximum absolute atomic E-state index is 12.8. The van der Waals surface area contributed by atoms with Gasteiger partial charge in [-0.1, -0.05) is 23.7 Å². The molecule has 0 spiro atoms. The van der Waals surface area contributed by atoms with Gasteiger partial charge in [0.05, 0.1) is 10.6 Å². The molecule has 6 nitrogen and oxygen atoms in total. The van der Waals surface area contributed by atoms with E-state index in [0.717, 1.165) is 0 Å². The molecule has 0 atom stereocenters. The first kappa shape index (κ1) is 18.3. The first-order valence-electron chi connectivity index (χ1n) is 7.92. The summed E-state index contributed by atoms with van der Waals surface area (Å²) in [6.45, 7) is 3.99. The summed E-state index contributed by atoms with van der Waals surface area (Å²) < 4.78 is 33.3. The second-order valence-corrected chi connectivity index (χ2v) is 7.77. The lowest BCUT2D eigenvalue weighted by atomic mass is 10.2. The number of hydrogen-bond donors (Lipinski definition) is 2. The highest BCUT2D eigenvalue weighted by atomic mass is 35.5. The minimum atomic E-state index is -4.00. The molecule has 0 radical (unpaired) electrons. The standard InChI is InChI=1S/C18H17ClN2O4S/c1-3-20-16-13-6-4-5-7-14(13)25-18(22)17(16)21-26(23,24)15-9-8-12(19)10-11(15)2/h4-10,20-21H,3H2,1-2H3. The zero-order valence-corrected chi connectivity index (χ0v) is 15.7. The highest BCUT2D eigenvalue weighted by Crippen LogP contribution is 2.30. The molecule has 0 aliphatic rings. The van der Waals surface area contributed by atoms with Crippen LogP contribution in [0.2, 0.25) is 5.02 Å². The van der Waals surface area contributed by atoms with Crippen LogP contribution in [-0.2, 0) is 10.0 Å². The molecule has 0 amide bonds. The zero-order valence-electron chi connectivity index (χ0n) is 14.2. The quantitative estimate of drug-likeness (QED) is 0.641. The summed E-state index contributed by atoms with van der Waals surface area (Å²) in [5.41, 5.74) is 0.309. The van der Waals surface area contributed by atoms with Crippen LogP contribution in [0, 0.1) is 6.92 Å². The third-order valence-corrected chi connectivity index (χ3v) is 5.57. The van der Waals surface area contributed by atoms with Gasteiger partial charge in [0, 0.05) is 17.0 Å². The lowest BCUT2D eigenvalue weighted by Gasteiger charge is -2.15. The topological polar surface area (TPSA) is 88.4 Å². The zero-order chi connectivity index (χ0) is 18.9. The normalized spacial score (nSPS) is 11.5. The molecular formula is C18H17ClN2O4S. The summed E-state index contributed by atoms with van der Waals surface area (Å²) in [6, 6.07) is 11.4. The van der Waals surface area contributed by atoms with Gasteiger partial charge in [-0.25, -0.2) is 13.2 Å². The first-order chi connectivity index (χ1) is 12.3. The van der Waals surface area contributed by atoms with Crippen LogP contribution < -0.4 is 15.7 Å². The molecule has 0 unspecified atom stereocenters. The molecule has 136 valence electrons. The Hall–Kier alpha value is -2.51. The molecule has 0 aliphatic carbocycles. The summed E-state index contributed by atoms with van der Waals surface area (Å²) in [4.78, 5) is 12.5. The number of rotatable bonds is 5. The van der Waals surface area contributed by atoms with E-state index in [-0.39, 0.29) is 10.6 Å². The first-order valence-corrected chi connectivity index (χ1v) is 9.78. The predicted molar refractivity (Wildman–Crippen MR) is 104 cm³/mol. The summed E-state index contributed by atoms with van der Waals surface area (Å²) in [6.07, 6.45) is 0. The third kappa shape index (κ3) is 3.40. The van der Waals surface area contributed by atoms with Crippen LogP contribution in [0.25, 0.3) is 11.0 Å². The average Bonchev–Trinajstić information content (AvgIpc) is 2.57. The van der Waals surface area contributed by atoms with Gasteiger partial charge in [0.1, 0.15) is 5.58 Å². The van der Waals surface area contributed by atoms with Gasteiger partial charge in [-0.3, -0.25) is 4.72 Å². The molecule has 8 heteroatoms. The van der Waals surface area contributed by atoms with Crippen LogP contribution in [-0.4, -0.2) is 15.0 Å². The molecule has 3 rings (SSSR count). The molecule has 0 fully saturated rings. The fraction of sp³-hybridized carbons (Fsp3) is 0.167. The fourth-order valence-electron chi connectivity index (χ4n) is 2.71. The van der Waals surface area contributed by atoms with E-state index in [0.29, 0.717) is 33.8 Å². The number of aryl methyl sites for hydroxylation is 1. The van der Waals surface area contributed by atoms with Crippen LogP contribution in [0.3, 0.4) is 0 Å². The maximum atomic E-state index is 12.8. The van der Waals surface area contributed by atoms with E-state index in [1.165, 1.54) is 12.1 Å². The van der Waals surface area contributed by atoms with Crippen molar-refractivity contribution < 1.29 is 12.8 Å². The molecule has 0 bridgehead atoms. The molecule has 1 aromatic heterocycles. The molecule has 2 N–H and O–H groups in total. The van der Waals surface area contributed by atoms with Gasteiger partial charge in [0.2, 0.25) is 0 Å². The predicted octanol–water partition coefficient (Wildman–Crippen LogP) is 3.99. The van der Waals surface area contributed by atoms with Crippen molar-refractivity contribution in [2.45, 2.75) is 18.7 Å². The van der Waals surface area contributed by atoms with E-state index in [2.05, 4.69) is 10.0 Å². The summed E-state index contributed by atoms with van der Waals surface area (Å²) in [5, 5.41) is 4.09. The number of para-hydroxylation sites is 1. The average molecular weight is 393 g/mol. The van der Waals surface area contributed by atoms with E-state index >= 15 is 0 Å². The summed E-state index contributed by atoms with van der Waals surface area (Å²) >= 11 is 5.89. The minimum Gasteiger partial charge on any atom is -0.421 e. The fourth-order valence-corrected chi connectivity index (χ4v) is 4.23. The highest BCUT2D eigenvalue weighted by molar-refractivity contribution is 7.92. The molecule has 2 aromatic carbocycles. The molecule has 1 heterocycles. The number of anilines is 2. The van der Waals surface area contributed by atoms with Crippen molar-refractivity contribution in [2.24, 2.45) is 0 Å². The number of hydrogen-bond acceptors (Lipinski definition) is 5. The van der Waals surface area contributed by atoms with Crippen LogP contribution >= 0.6 is 11.6 Å². The van der Waals surface area contributed by atoms with E-state index in [1.54, 1.807) is 37.3 Å². The van der Waals surface area contributed by atoms with Crippen LogP contribution in [0.5, 0.6) is 0 Å². The SMILES string of the molecule is CCNc1c(NS(=O)(=O)c2ccc(Cl)cc2C)c(=O)oc2ccccc12. The van der Waals surface area contributed by atoms with Gasteiger partial charge in [-0.05, 0) is 49.7 Å². The number of fused-ring (bicyclic) bond motifs is 1. The Kier molecular flexibility index (Phi) is 4.93. The van der Waals surface area contributed by atoms with Crippen molar-refractivity contribution in [1.82, 2.24) is 0 Å². The van der Waals surface area contributed by atoms with Crippen molar-refractivity contribution >= 4 is 44.0 Å². The molecule has 26 heavy (non-hydrogen) atoms. The van der Waals surface area contributed by atoms with Gasteiger partial charge in [0.25, 0.3) is 10.0 Å². The van der Waals surface area contributed by atoms with E-state index in [9.17, 15) is 13.2 Å². The smallest absolute Gasteiger partial charge is 0.363 e. The number of nitrogens with one attached hydrogen (secondary N) is 2. The Balaban J connectivity index is 2.17. The Bertz CT molecular complexity index is 1140. The third-order valence-electron chi connectivity index (χ3n) is 3.83. The van der Waals surface area contributed by atoms with E-state index in [1.807, 2.05) is 6.92 Å². The molecule has 0 saturated carbocycles. The number of halogens is 1. The van der Waals surface area contributed by atoms with Gasteiger partial charge < -0.3 is 9.73 Å². The second-order valence-electron chi connectivity index (χ2n) is 5.68. The van der Waals surface area contributed by atoms with E-state index in [4.69, 9.17) is 16.0 Å². The lowest BCUT2D eigenvalue weighted by Crippen LogP contribution is -2.21. The van der Waals surface area contributed by atoms with Crippen molar-refractivity contribution in [1.29, 1.82) is 0 Å². The van der Waals surface area contributed by atoms with Gasteiger partial charge >= 0.3 is 5.63 Å². The Labute approximate surface area is 155 Å². The number of benzene rings is 2. The largest absolute Gasteiger partial charge is 0.421 e.